The summed E-state index contributed by atoms with van der Waals surface area (Å²) in [5, 5.41) is 39.4. The van der Waals surface area contributed by atoms with Crippen molar-refractivity contribution in [3.63, 3.8) is 0 Å². The maximum atomic E-state index is 11.0. The SMILES string of the molecule is CCCCCCCCCCCCC(O)CNCCCCCNCCCCCN(CC(O)CCCCCCCCCCCC)CC(O)CCCCCCCCCCCC. The molecule has 6 nitrogen and oxygen atoms in total. The number of unbranched alkanes of at least 4 members (excludes halogenated alkanes) is 31. The Bertz CT molecular complexity index is 711. The van der Waals surface area contributed by atoms with Crippen LogP contribution in [0.4, 0.5) is 0 Å². The number of aliphatic hydroxyl groups excluding tert-OH is 3. The van der Waals surface area contributed by atoms with Crippen molar-refractivity contribution < 1.29 is 15.3 Å². The van der Waals surface area contributed by atoms with Gasteiger partial charge in [0, 0.05) is 19.6 Å². The normalized spacial score (nSPS) is 13.5. The van der Waals surface area contributed by atoms with Crippen LogP contribution in [0.5, 0.6) is 0 Å². The number of nitrogens with zero attached hydrogens (tertiary/aromatic N) is 1. The molecular weight excluding hydrogens is 715 g/mol. The van der Waals surface area contributed by atoms with E-state index in [-0.39, 0.29) is 18.3 Å². The van der Waals surface area contributed by atoms with Crippen LogP contribution in [-0.4, -0.2) is 84.3 Å². The molecule has 0 aromatic rings. The van der Waals surface area contributed by atoms with Crippen molar-refractivity contribution in [2.45, 2.75) is 289 Å². The highest BCUT2D eigenvalue weighted by atomic mass is 16.3. The Morgan fingerprint density at radius 2 is 0.586 bits per heavy atom. The standard InChI is InChI=1S/C52H109N3O3/c1-4-7-10-13-16-19-22-25-28-33-40-50(56)47-54-45-37-31-36-43-53-44-38-32-39-46-55(48-51(57)41-34-29-26-23-20-17-14-11-8-5-2)49-52(58)42-35-30-27-24-21-18-15-12-9-6-3/h50-54,56-58H,4-49H2,1-3H3. The van der Waals surface area contributed by atoms with Crippen molar-refractivity contribution in [1.29, 1.82) is 0 Å². The predicted molar refractivity (Wildman–Crippen MR) is 257 cm³/mol. The van der Waals surface area contributed by atoms with Gasteiger partial charge in [0.1, 0.15) is 0 Å². The van der Waals surface area contributed by atoms with E-state index in [9.17, 15) is 15.3 Å². The molecule has 0 aromatic carbocycles. The highest BCUT2D eigenvalue weighted by molar-refractivity contribution is 4.70. The molecule has 0 spiro atoms. The fraction of sp³-hybridized carbons (Fsp3) is 1.00. The molecule has 0 aliphatic rings. The Morgan fingerprint density at radius 1 is 0.310 bits per heavy atom. The van der Waals surface area contributed by atoms with E-state index in [0.717, 1.165) is 77.7 Å². The molecule has 5 N–H and O–H groups in total. The van der Waals surface area contributed by atoms with Gasteiger partial charge >= 0.3 is 0 Å². The van der Waals surface area contributed by atoms with E-state index in [2.05, 4.69) is 36.3 Å². The Balaban J connectivity index is 4.07. The van der Waals surface area contributed by atoms with E-state index in [1.54, 1.807) is 0 Å². The second-order valence-corrected chi connectivity index (χ2v) is 18.7. The van der Waals surface area contributed by atoms with Crippen molar-refractivity contribution in [3.05, 3.63) is 0 Å². The van der Waals surface area contributed by atoms with Crippen LogP contribution in [-0.2, 0) is 0 Å². The summed E-state index contributed by atoms with van der Waals surface area (Å²) >= 11 is 0. The van der Waals surface area contributed by atoms with Crippen molar-refractivity contribution >= 4 is 0 Å². The first-order valence-corrected chi connectivity index (χ1v) is 26.7. The summed E-state index contributed by atoms with van der Waals surface area (Å²) in [5.41, 5.74) is 0. The van der Waals surface area contributed by atoms with E-state index in [1.165, 1.54) is 205 Å². The Hall–Kier alpha value is -0.240. The Labute approximate surface area is 365 Å². The van der Waals surface area contributed by atoms with E-state index < -0.39 is 0 Å². The lowest BCUT2D eigenvalue weighted by Crippen LogP contribution is -2.38. The maximum absolute atomic E-state index is 11.0. The monoisotopic (exact) mass is 824 g/mol. The summed E-state index contributed by atoms with van der Waals surface area (Å²) in [5.74, 6) is 0. The highest BCUT2D eigenvalue weighted by Gasteiger charge is 2.16. The molecule has 3 atom stereocenters. The molecule has 0 heterocycles. The number of aliphatic hydroxyl groups is 3. The van der Waals surface area contributed by atoms with Gasteiger partial charge in [0.2, 0.25) is 0 Å². The van der Waals surface area contributed by atoms with Gasteiger partial charge in [-0.3, -0.25) is 4.90 Å². The fourth-order valence-electron chi connectivity index (χ4n) is 8.57. The first kappa shape index (κ1) is 57.8. The molecule has 6 heteroatoms. The first-order valence-electron chi connectivity index (χ1n) is 26.7. The zero-order chi connectivity index (χ0) is 42.3. The van der Waals surface area contributed by atoms with E-state index in [4.69, 9.17) is 0 Å². The third-order valence-corrected chi connectivity index (χ3v) is 12.5. The molecule has 0 amide bonds. The Morgan fingerprint density at radius 3 is 0.948 bits per heavy atom. The molecular formula is C52H109N3O3. The molecule has 58 heavy (non-hydrogen) atoms. The van der Waals surface area contributed by atoms with Crippen LogP contribution < -0.4 is 10.6 Å². The predicted octanol–water partition coefficient (Wildman–Crippen LogP) is 13.8. The number of hydrogen-bond acceptors (Lipinski definition) is 6. The van der Waals surface area contributed by atoms with Crippen LogP contribution in [0.1, 0.15) is 271 Å². The van der Waals surface area contributed by atoms with Gasteiger partial charge in [0.05, 0.1) is 18.3 Å². The van der Waals surface area contributed by atoms with Gasteiger partial charge in [0.25, 0.3) is 0 Å². The van der Waals surface area contributed by atoms with Crippen molar-refractivity contribution in [3.8, 4) is 0 Å². The summed E-state index contributed by atoms with van der Waals surface area (Å²) in [6.45, 7) is 13.1. The summed E-state index contributed by atoms with van der Waals surface area (Å²) in [6, 6.07) is 0. The minimum Gasteiger partial charge on any atom is -0.392 e. The molecule has 0 aromatic heterocycles. The van der Waals surface area contributed by atoms with Crippen LogP contribution in [0, 0.1) is 0 Å². The number of hydrogen-bond donors (Lipinski definition) is 5. The fourth-order valence-corrected chi connectivity index (χ4v) is 8.57. The van der Waals surface area contributed by atoms with Gasteiger partial charge in [-0.25, -0.2) is 0 Å². The van der Waals surface area contributed by atoms with Gasteiger partial charge in [-0.2, -0.15) is 0 Å². The number of rotatable bonds is 51. The van der Waals surface area contributed by atoms with Crippen LogP contribution in [0.3, 0.4) is 0 Å². The second kappa shape index (κ2) is 49.4. The largest absolute Gasteiger partial charge is 0.392 e. The third-order valence-electron chi connectivity index (χ3n) is 12.5. The first-order chi connectivity index (χ1) is 28.5. The molecule has 0 rings (SSSR count). The lowest BCUT2D eigenvalue weighted by atomic mass is 10.0. The lowest BCUT2D eigenvalue weighted by molar-refractivity contribution is 0.0596. The lowest BCUT2D eigenvalue weighted by Gasteiger charge is -2.27. The minimum atomic E-state index is -0.283. The minimum absolute atomic E-state index is 0.193. The Kier molecular flexibility index (Phi) is 49.2. The van der Waals surface area contributed by atoms with E-state index in [0.29, 0.717) is 13.1 Å². The average molecular weight is 824 g/mol. The van der Waals surface area contributed by atoms with Crippen molar-refractivity contribution in [2.75, 3.05) is 45.8 Å². The van der Waals surface area contributed by atoms with Crippen molar-refractivity contribution in [1.82, 2.24) is 15.5 Å². The molecule has 0 aliphatic carbocycles. The average Bonchev–Trinajstić information content (AvgIpc) is 3.21. The van der Waals surface area contributed by atoms with E-state index in [1.807, 2.05) is 0 Å². The quantitative estimate of drug-likeness (QED) is 0.0393. The summed E-state index contributed by atoms with van der Waals surface area (Å²) in [4.78, 5) is 2.38. The van der Waals surface area contributed by atoms with Gasteiger partial charge in [-0.15, -0.1) is 0 Å². The molecule has 0 bridgehead atoms. The van der Waals surface area contributed by atoms with Crippen LogP contribution in [0.2, 0.25) is 0 Å². The smallest absolute Gasteiger partial charge is 0.0667 e. The third kappa shape index (κ3) is 46.8. The van der Waals surface area contributed by atoms with Crippen LogP contribution in [0.25, 0.3) is 0 Å². The molecule has 0 fully saturated rings. The summed E-state index contributed by atoms with van der Waals surface area (Å²) in [6.07, 6.45) is 49.1. The molecule has 3 unspecified atom stereocenters. The van der Waals surface area contributed by atoms with Crippen molar-refractivity contribution in [2.24, 2.45) is 0 Å². The summed E-state index contributed by atoms with van der Waals surface area (Å²) < 4.78 is 0. The molecule has 0 radical (unpaired) electrons. The topological polar surface area (TPSA) is 88.0 Å². The van der Waals surface area contributed by atoms with Crippen LogP contribution in [0.15, 0.2) is 0 Å². The van der Waals surface area contributed by atoms with Gasteiger partial charge < -0.3 is 26.0 Å². The summed E-state index contributed by atoms with van der Waals surface area (Å²) in [7, 11) is 0. The van der Waals surface area contributed by atoms with Gasteiger partial charge in [-0.1, -0.05) is 226 Å². The molecule has 0 saturated heterocycles. The zero-order valence-corrected chi connectivity index (χ0v) is 40.0. The highest BCUT2D eigenvalue weighted by Crippen LogP contribution is 2.16. The second-order valence-electron chi connectivity index (χ2n) is 18.7. The zero-order valence-electron chi connectivity index (χ0n) is 40.0. The van der Waals surface area contributed by atoms with Crippen LogP contribution >= 0.6 is 0 Å². The van der Waals surface area contributed by atoms with Gasteiger partial charge in [0.15, 0.2) is 0 Å². The van der Waals surface area contributed by atoms with Gasteiger partial charge in [-0.05, 0) is 71.1 Å². The molecule has 350 valence electrons. The van der Waals surface area contributed by atoms with E-state index >= 15 is 0 Å². The molecule has 0 saturated carbocycles. The maximum Gasteiger partial charge on any atom is 0.0667 e. The number of nitrogens with one attached hydrogen (secondary N) is 2. The molecule has 0 aliphatic heterocycles.